The van der Waals surface area contributed by atoms with Gasteiger partial charge in [0.2, 0.25) is 0 Å². The van der Waals surface area contributed by atoms with Crippen molar-refractivity contribution in [3.8, 4) is 6.07 Å². The van der Waals surface area contributed by atoms with Gasteiger partial charge < -0.3 is 10.1 Å². The summed E-state index contributed by atoms with van der Waals surface area (Å²) >= 11 is 0. The fourth-order valence-electron chi connectivity index (χ4n) is 1.93. The Kier molecular flexibility index (Phi) is 4.08. The second kappa shape index (κ2) is 5.76. The van der Waals surface area contributed by atoms with E-state index in [9.17, 15) is 4.39 Å². The van der Waals surface area contributed by atoms with Gasteiger partial charge in [-0.2, -0.15) is 5.26 Å². The number of hydrogen-bond acceptors (Lipinski definition) is 3. The van der Waals surface area contributed by atoms with Gasteiger partial charge in [0, 0.05) is 12.1 Å². The molecule has 0 radical (unpaired) electrons. The standard InChI is InChI=1S/C13H15FN2O/c14-13-5-10(6-15)1-2-12(13)9-17-8-11-3-4-16-7-11/h1-2,5,11,16H,3-4,7-9H2. The van der Waals surface area contributed by atoms with Gasteiger partial charge in [0.1, 0.15) is 5.82 Å². The van der Waals surface area contributed by atoms with Crippen LogP contribution in [0.1, 0.15) is 17.5 Å². The van der Waals surface area contributed by atoms with Crippen LogP contribution < -0.4 is 5.32 Å². The summed E-state index contributed by atoms with van der Waals surface area (Å²) in [4.78, 5) is 0. The van der Waals surface area contributed by atoms with E-state index >= 15 is 0 Å². The highest BCUT2D eigenvalue weighted by molar-refractivity contribution is 5.32. The molecule has 1 atom stereocenters. The zero-order valence-electron chi connectivity index (χ0n) is 9.58. The summed E-state index contributed by atoms with van der Waals surface area (Å²) in [5.41, 5.74) is 0.848. The van der Waals surface area contributed by atoms with Crippen LogP contribution in [0, 0.1) is 23.1 Å². The van der Waals surface area contributed by atoms with Crippen LogP contribution in [-0.2, 0) is 11.3 Å². The van der Waals surface area contributed by atoms with Gasteiger partial charge in [-0.25, -0.2) is 4.39 Å². The first kappa shape index (κ1) is 12.0. The molecule has 0 aliphatic carbocycles. The minimum Gasteiger partial charge on any atom is -0.376 e. The lowest BCUT2D eigenvalue weighted by atomic mass is 10.1. The maximum absolute atomic E-state index is 13.5. The Bertz CT molecular complexity index is 422. The van der Waals surface area contributed by atoms with Crippen LogP contribution in [0.5, 0.6) is 0 Å². The van der Waals surface area contributed by atoms with Crippen LogP contribution in [-0.4, -0.2) is 19.7 Å². The molecule has 1 fully saturated rings. The Morgan fingerprint density at radius 1 is 1.53 bits per heavy atom. The molecule has 1 aromatic rings. The Balaban J connectivity index is 1.84. The Morgan fingerprint density at radius 2 is 2.41 bits per heavy atom. The molecule has 1 aliphatic rings. The second-order valence-electron chi connectivity index (χ2n) is 4.29. The van der Waals surface area contributed by atoms with Crippen molar-refractivity contribution in [3.05, 3.63) is 35.1 Å². The summed E-state index contributed by atoms with van der Waals surface area (Å²) in [6.45, 7) is 2.95. The van der Waals surface area contributed by atoms with Crippen LogP contribution >= 0.6 is 0 Å². The minimum atomic E-state index is -0.367. The molecule has 17 heavy (non-hydrogen) atoms. The van der Waals surface area contributed by atoms with Crippen LogP contribution in [0.25, 0.3) is 0 Å². The minimum absolute atomic E-state index is 0.272. The maximum atomic E-state index is 13.5. The van der Waals surface area contributed by atoms with E-state index in [-0.39, 0.29) is 12.4 Å². The lowest BCUT2D eigenvalue weighted by molar-refractivity contribution is 0.0905. The number of ether oxygens (including phenoxy) is 1. The van der Waals surface area contributed by atoms with Gasteiger partial charge >= 0.3 is 0 Å². The van der Waals surface area contributed by atoms with E-state index in [0.29, 0.717) is 23.7 Å². The number of nitriles is 1. The first-order valence-electron chi connectivity index (χ1n) is 5.76. The molecule has 4 heteroatoms. The van der Waals surface area contributed by atoms with Crippen molar-refractivity contribution in [1.82, 2.24) is 5.32 Å². The van der Waals surface area contributed by atoms with Gasteiger partial charge in [-0.3, -0.25) is 0 Å². The van der Waals surface area contributed by atoms with Crippen molar-refractivity contribution < 1.29 is 9.13 Å². The summed E-state index contributed by atoms with van der Waals surface area (Å²) in [6, 6.07) is 6.37. The van der Waals surface area contributed by atoms with Gasteiger partial charge in [-0.15, -0.1) is 0 Å². The third kappa shape index (κ3) is 3.26. The van der Waals surface area contributed by atoms with E-state index in [1.165, 1.54) is 6.07 Å². The smallest absolute Gasteiger partial charge is 0.130 e. The highest BCUT2D eigenvalue weighted by atomic mass is 19.1. The van der Waals surface area contributed by atoms with Crippen molar-refractivity contribution in [2.75, 3.05) is 19.7 Å². The molecule has 0 amide bonds. The molecule has 0 spiro atoms. The predicted molar refractivity (Wildman–Crippen MR) is 61.7 cm³/mol. The Morgan fingerprint density at radius 3 is 3.06 bits per heavy atom. The largest absolute Gasteiger partial charge is 0.376 e. The molecule has 90 valence electrons. The van der Waals surface area contributed by atoms with Gasteiger partial charge in [0.25, 0.3) is 0 Å². The van der Waals surface area contributed by atoms with Crippen molar-refractivity contribution in [1.29, 1.82) is 5.26 Å². The molecule has 2 rings (SSSR count). The van der Waals surface area contributed by atoms with E-state index in [0.717, 1.165) is 19.5 Å². The second-order valence-corrected chi connectivity index (χ2v) is 4.29. The molecule has 1 aromatic carbocycles. The summed E-state index contributed by atoms with van der Waals surface area (Å²) in [6.07, 6.45) is 1.12. The number of hydrogen-bond donors (Lipinski definition) is 1. The Hall–Kier alpha value is -1.44. The highest BCUT2D eigenvalue weighted by Crippen LogP contribution is 2.13. The molecule has 1 heterocycles. The van der Waals surface area contributed by atoms with Gasteiger partial charge in [-0.05, 0) is 31.0 Å². The third-order valence-electron chi connectivity index (χ3n) is 2.96. The number of rotatable bonds is 4. The van der Waals surface area contributed by atoms with Gasteiger partial charge in [-0.1, -0.05) is 6.07 Å². The number of benzene rings is 1. The average molecular weight is 234 g/mol. The fourth-order valence-corrected chi connectivity index (χ4v) is 1.93. The zero-order valence-corrected chi connectivity index (χ0v) is 9.58. The van der Waals surface area contributed by atoms with E-state index in [1.807, 2.05) is 6.07 Å². The van der Waals surface area contributed by atoms with Crippen molar-refractivity contribution in [3.63, 3.8) is 0 Å². The molecule has 0 aromatic heterocycles. The van der Waals surface area contributed by atoms with Gasteiger partial charge in [0.15, 0.2) is 0 Å². The topological polar surface area (TPSA) is 45.0 Å². The van der Waals surface area contributed by atoms with Crippen molar-refractivity contribution >= 4 is 0 Å². The molecular formula is C13H15FN2O. The van der Waals surface area contributed by atoms with E-state index in [1.54, 1.807) is 12.1 Å². The monoisotopic (exact) mass is 234 g/mol. The van der Waals surface area contributed by atoms with Crippen molar-refractivity contribution in [2.45, 2.75) is 13.0 Å². The normalized spacial score (nSPS) is 19.2. The molecule has 1 saturated heterocycles. The first-order chi connectivity index (χ1) is 8.29. The molecule has 3 nitrogen and oxygen atoms in total. The molecular weight excluding hydrogens is 219 g/mol. The van der Waals surface area contributed by atoms with Crippen LogP contribution in [0.4, 0.5) is 4.39 Å². The van der Waals surface area contributed by atoms with Gasteiger partial charge in [0.05, 0.1) is 24.8 Å². The van der Waals surface area contributed by atoms with E-state index < -0.39 is 0 Å². The maximum Gasteiger partial charge on any atom is 0.130 e. The lowest BCUT2D eigenvalue weighted by Gasteiger charge is -2.09. The fraction of sp³-hybridized carbons (Fsp3) is 0.462. The van der Waals surface area contributed by atoms with E-state index in [2.05, 4.69) is 5.32 Å². The molecule has 1 unspecified atom stereocenters. The lowest BCUT2D eigenvalue weighted by Crippen LogP contribution is -2.14. The van der Waals surface area contributed by atoms with Crippen LogP contribution in [0.2, 0.25) is 0 Å². The van der Waals surface area contributed by atoms with Crippen LogP contribution in [0.15, 0.2) is 18.2 Å². The van der Waals surface area contributed by atoms with Crippen LogP contribution in [0.3, 0.4) is 0 Å². The quantitative estimate of drug-likeness (QED) is 0.864. The molecule has 1 aliphatic heterocycles. The third-order valence-corrected chi connectivity index (χ3v) is 2.96. The first-order valence-corrected chi connectivity index (χ1v) is 5.76. The number of halogens is 1. The summed E-state index contributed by atoms with van der Waals surface area (Å²) < 4.78 is 19.0. The summed E-state index contributed by atoms with van der Waals surface area (Å²) in [5, 5.41) is 11.9. The zero-order chi connectivity index (χ0) is 12.1. The summed E-state index contributed by atoms with van der Waals surface area (Å²) in [5.74, 6) is 0.171. The average Bonchev–Trinajstić information content (AvgIpc) is 2.84. The van der Waals surface area contributed by atoms with Crippen molar-refractivity contribution in [2.24, 2.45) is 5.92 Å². The molecule has 0 saturated carbocycles. The Labute approximate surface area is 100 Å². The molecule has 0 bridgehead atoms. The van der Waals surface area contributed by atoms with E-state index in [4.69, 9.17) is 10.00 Å². The number of nitrogens with one attached hydrogen (secondary N) is 1. The highest BCUT2D eigenvalue weighted by Gasteiger charge is 2.14. The summed E-state index contributed by atoms with van der Waals surface area (Å²) in [7, 11) is 0. The molecule has 1 N–H and O–H groups in total. The number of nitrogens with zero attached hydrogens (tertiary/aromatic N) is 1. The SMILES string of the molecule is N#Cc1ccc(COCC2CCNC2)c(F)c1. The predicted octanol–water partition coefficient (Wildman–Crippen LogP) is 1.82.